The predicted molar refractivity (Wildman–Crippen MR) is 76.4 cm³/mol. The zero-order chi connectivity index (χ0) is 12.5. The third kappa shape index (κ3) is 1.91. The average molecular weight is 237 g/mol. The van der Waals surface area contributed by atoms with Crippen LogP contribution >= 0.6 is 0 Å². The molecule has 0 bridgehead atoms. The maximum absolute atomic E-state index is 6.05. The highest BCUT2D eigenvalue weighted by molar-refractivity contribution is 5.94. The Bertz CT molecular complexity index is 684. The molecule has 1 heterocycles. The van der Waals surface area contributed by atoms with Gasteiger partial charge in [0.15, 0.2) is 0 Å². The fourth-order valence-corrected chi connectivity index (χ4v) is 2.28. The Morgan fingerprint density at radius 2 is 1.67 bits per heavy atom. The number of nitrogen functional groups attached to an aromatic ring is 2. The average Bonchev–Trinajstić information content (AvgIpc) is 2.72. The van der Waals surface area contributed by atoms with Crippen LogP contribution in [0.5, 0.6) is 0 Å². The molecule has 2 aromatic carbocycles. The van der Waals surface area contributed by atoms with Crippen LogP contribution < -0.4 is 11.5 Å². The zero-order valence-electron chi connectivity index (χ0n) is 9.98. The molecule has 0 fully saturated rings. The Labute approximate surface area is 105 Å². The Balaban J connectivity index is 2.02. The fraction of sp³-hybridized carbons (Fsp3) is 0.0667. The van der Waals surface area contributed by atoms with E-state index in [0.29, 0.717) is 5.82 Å². The highest BCUT2D eigenvalue weighted by Crippen LogP contribution is 2.26. The molecule has 0 saturated carbocycles. The Kier molecular flexibility index (Phi) is 2.45. The molecule has 0 radical (unpaired) electrons. The normalized spacial score (nSPS) is 10.9. The van der Waals surface area contributed by atoms with Gasteiger partial charge in [0, 0.05) is 16.6 Å². The van der Waals surface area contributed by atoms with E-state index in [0.717, 1.165) is 23.0 Å². The highest BCUT2D eigenvalue weighted by atomic mass is 14.8. The summed E-state index contributed by atoms with van der Waals surface area (Å²) in [4.78, 5) is 3.12. The molecule has 18 heavy (non-hydrogen) atoms. The van der Waals surface area contributed by atoms with Crippen molar-refractivity contribution in [1.82, 2.24) is 4.98 Å². The van der Waals surface area contributed by atoms with E-state index >= 15 is 0 Å². The van der Waals surface area contributed by atoms with Crippen LogP contribution in [0.3, 0.4) is 0 Å². The van der Waals surface area contributed by atoms with E-state index in [4.69, 9.17) is 11.5 Å². The number of benzene rings is 2. The molecule has 0 unspecified atom stereocenters. The summed E-state index contributed by atoms with van der Waals surface area (Å²) in [6.45, 7) is 0. The van der Waals surface area contributed by atoms with E-state index in [1.54, 1.807) is 0 Å². The minimum absolute atomic E-state index is 0.647. The van der Waals surface area contributed by atoms with Crippen LogP contribution in [-0.4, -0.2) is 4.98 Å². The largest absolute Gasteiger partial charge is 0.398 e. The number of aromatic nitrogens is 1. The van der Waals surface area contributed by atoms with Crippen molar-refractivity contribution in [2.75, 3.05) is 11.5 Å². The molecule has 0 spiro atoms. The van der Waals surface area contributed by atoms with E-state index < -0.39 is 0 Å². The van der Waals surface area contributed by atoms with Crippen LogP contribution in [0, 0.1) is 0 Å². The summed E-state index contributed by atoms with van der Waals surface area (Å²) in [5, 5.41) is 0.990. The summed E-state index contributed by atoms with van der Waals surface area (Å²) >= 11 is 0. The summed E-state index contributed by atoms with van der Waals surface area (Å²) in [5.41, 5.74) is 16.0. The second-order valence-corrected chi connectivity index (χ2v) is 4.53. The van der Waals surface area contributed by atoms with Gasteiger partial charge in [-0.3, -0.25) is 0 Å². The van der Waals surface area contributed by atoms with Gasteiger partial charge in [-0.1, -0.05) is 30.3 Å². The smallest absolute Gasteiger partial charge is 0.101 e. The molecular weight excluding hydrogens is 222 g/mol. The summed E-state index contributed by atoms with van der Waals surface area (Å²) in [7, 11) is 0. The number of anilines is 2. The quantitative estimate of drug-likeness (QED) is 0.600. The molecule has 3 heteroatoms. The minimum atomic E-state index is 0.647. The number of H-pyrrole nitrogens is 1. The molecule has 0 saturated heterocycles. The molecule has 0 amide bonds. The lowest BCUT2D eigenvalue weighted by atomic mass is 10.0. The van der Waals surface area contributed by atoms with Crippen molar-refractivity contribution in [2.45, 2.75) is 6.42 Å². The van der Waals surface area contributed by atoms with Crippen molar-refractivity contribution in [3.63, 3.8) is 0 Å². The van der Waals surface area contributed by atoms with Crippen molar-refractivity contribution in [2.24, 2.45) is 0 Å². The Hall–Kier alpha value is -2.42. The van der Waals surface area contributed by atoms with Crippen LogP contribution in [0.1, 0.15) is 11.1 Å². The molecule has 0 aliphatic rings. The van der Waals surface area contributed by atoms with Gasteiger partial charge >= 0.3 is 0 Å². The second kappa shape index (κ2) is 4.11. The van der Waals surface area contributed by atoms with E-state index in [1.807, 2.05) is 30.3 Å². The van der Waals surface area contributed by atoms with Gasteiger partial charge < -0.3 is 16.5 Å². The monoisotopic (exact) mass is 237 g/mol. The zero-order valence-corrected chi connectivity index (χ0v) is 9.98. The molecule has 90 valence electrons. The number of rotatable bonds is 2. The Morgan fingerprint density at radius 1 is 0.889 bits per heavy atom. The molecular formula is C15H15N3. The number of aromatic amines is 1. The van der Waals surface area contributed by atoms with Gasteiger partial charge in [-0.15, -0.1) is 0 Å². The molecule has 1 aromatic heterocycles. The van der Waals surface area contributed by atoms with Crippen molar-refractivity contribution < 1.29 is 0 Å². The van der Waals surface area contributed by atoms with Crippen LogP contribution in [0.2, 0.25) is 0 Å². The summed E-state index contributed by atoms with van der Waals surface area (Å²) in [6.07, 6.45) is 0.875. The number of nitrogens with two attached hydrogens (primary N) is 2. The number of hydrogen-bond acceptors (Lipinski definition) is 2. The first-order valence-electron chi connectivity index (χ1n) is 5.93. The second-order valence-electron chi connectivity index (χ2n) is 4.53. The standard InChI is InChI=1S/C15H15N3/c16-13-7-11(6-10-4-2-1-3-5-10)8-14-12(13)9-15(17)18-14/h1-5,7-9,18H,6,16-17H2. The predicted octanol–water partition coefficient (Wildman–Crippen LogP) is 2.92. The van der Waals surface area contributed by atoms with Gasteiger partial charge in [0.25, 0.3) is 0 Å². The summed E-state index contributed by atoms with van der Waals surface area (Å²) in [6, 6.07) is 16.3. The molecule has 5 N–H and O–H groups in total. The molecule has 0 aliphatic heterocycles. The lowest BCUT2D eigenvalue weighted by molar-refractivity contribution is 1.20. The van der Waals surface area contributed by atoms with Gasteiger partial charge in [-0.05, 0) is 35.7 Å². The Morgan fingerprint density at radius 3 is 2.44 bits per heavy atom. The summed E-state index contributed by atoms with van der Waals surface area (Å²) in [5.74, 6) is 0.647. The van der Waals surface area contributed by atoms with Gasteiger partial charge in [-0.2, -0.15) is 0 Å². The lowest BCUT2D eigenvalue weighted by Gasteiger charge is -2.04. The molecule has 0 atom stereocenters. The van der Waals surface area contributed by atoms with Crippen molar-refractivity contribution in [1.29, 1.82) is 0 Å². The van der Waals surface area contributed by atoms with Crippen LogP contribution in [-0.2, 0) is 6.42 Å². The topological polar surface area (TPSA) is 67.8 Å². The van der Waals surface area contributed by atoms with E-state index in [2.05, 4.69) is 23.2 Å². The first-order valence-corrected chi connectivity index (χ1v) is 5.93. The van der Waals surface area contributed by atoms with E-state index in [1.165, 1.54) is 11.1 Å². The lowest BCUT2D eigenvalue weighted by Crippen LogP contribution is -1.92. The van der Waals surface area contributed by atoms with Crippen molar-refractivity contribution in [3.8, 4) is 0 Å². The number of fused-ring (bicyclic) bond motifs is 1. The number of nitrogens with one attached hydrogen (secondary N) is 1. The molecule has 0 aliphatic carbocycles. The van der Waals surface area contributed by atoms with E-state index in [-0.39, 0.29) is 0 Å². The first-order chi connectivity index (χ1) is 8.72. The van der Waals surface area contributed by atoms with Crippen LogP contribution in [0.25, 0.3) is 10.9 Å². The molecule has 3 aromatic rings. The highest BCUT2D eigenvalue weighted by Gasteiger charge is 2.05. The van der Waals surface area contributed by atoms with Gasteiger partial charge in [0.1, 0.15) is 5.82 Å². The summed E-state index contributed by atoms with van der Waals surface area (Å²) < 4.78 is 0. The van der Waals surface area contributed by atoms with Crippen molar-refractivity contribution in [3.05, 3.63) is 59.7 Å². The first kappa shape index (κ1) is 10.7. The van der Waals surface area contributed by atoms with Crippen molar-refractivity contribution >= 4 is 22.4 Å². The fourth-order valence-electron chi connectivity index (χ4n) is 2.28. The third-order valence-electron chi connectivity index (χ3n) is 3.10. The SMILES string of the molecule is Nc1cc2c(N)cc(Cc3ccccc3)cc2[nH]1. The third-order valence-corrected chi connectivity index (χ3v) is 3.10. The van der Waals surface area contributed by atoms with Crippen LogP contribution in [0.4, 0.5) is 11.5 Å². The van der Waals surface area contributed by atoms with Gasteiger partial charge in [0.05, 0.1) is 0 Å². The molecule has 3 nitrogen and oxygen atoms in total. The van der Waals surface area contributed by atoms with Gasteiger partial charge in [0.2, 0.25) is 0 Å². The maximum Gasteiger partial charge on any atom is 0.101 e. The number of hydrogen-bond donors (Lipinski definition) is 3. The van der Waals surface area contributed by atoms with E-state index in [9.17, 15) is 0 Å². The van der Waals surface area contributed by atoms with Gasteiger partial charge in [-0.25, -0.2) is 0 Å². The maximum atomic E-state index is 6.05. The van der Waals surface area contributed by atoms with Crippen LogP contribution in [0.15, 0.2) is 48.5 Å². The molecule has 3 rings (SSSR count). The minimum Gasteiger partial charge on any atom is -0.398 e.